The van der Waals surface area contributed by atoms with Crippen molar-refractivity contribution in [2.45, 2.75) is 32.4 Å². The van der Waals surface area contributed by atoms with Crippen LogP contribution in [0.2, 0.25) is 0 Å². The molecule has 0 amide bonds. The number of carbonyl (C=O) groups excluding carboxylic acids is 1. The van der Waals surface area contributed by atoms with E-state index in [9.17, 15) is 4.79 Å². The molecule has 6 nitrogen and oxygen atoms in total. The summed E-state index contributed by atoms with van der Waals surface area (Å²) < 4.78 is 23.2. The lowest BCUT2D eigenvalue weighted by Crippen LogP contribution is -2.46. The highest BCUT2D eigenvalue weighted by atomic mass is 16.5. The Kier molecular flexibility index (Phi) is 11.9. The van der Waals surface area contributed by atoms with E-state index in [2.05, 4.69) is 0 Å². The number of methoxy groups -OCH3 is 1. The van der Waals surface area contributed by atoms with Gasteiger partial charge in [-0.2, -0.15) is 0 Å². The number of benzene rings is 4. The van der Waals surface area contributed by atoms with Crippen LogP contribution in [-0.2, 0) is 14.3 Å². The smallest absolute Gasteiger partial charge is 0.325 e. The van der Waals surface area contributed by atoms with E-state index in [4.69, 9.17) is 18.9 Å². The summed E-state index contributed by atoms with van der Waals surface area (Å²) >= 11 is 0. The Bertz CT molecular complexity index is 1410. The lowest BCUT2D eigenvalue weighted by molar-refractivity contribution is -0.151. The zero-order chi connectivity index (χ0) is 31.2. The van der Waals surface area contributed by atoms with Gasteiger partial charge in [0.2, 0.25) is 0 Å². The third-order valence-electron chi connectivity index (χ3n) is 6.56. The fourth-order valence-corrected chi connectivity index (χ4v) is 4.38. The van der Waals surface area contributed by atoms with Gasteiger partial charge in [0, 0.05) is 13.1 Å². The maximum atomic E-state index is 12.9. The van der Waals surface area contributed by atoms with E-state index >= 15 is 0 Å². The van der Waals surface area contributed by atoms with Gasteiger partial charge in [0.05, 0.1) is 19.3 Å². The molecule has 0 heterocycles. The van der Waals surface area contributed by atoms with Crippen molar-refractivity contribution in [3.8, 4) is 23.0 Å². The average molecular weight is 592 g/mol. The Hall–Kier alpha value is -4.65. The zero-order valence-electron chi connectivity index (χ0n) is 25.9. The van der Waals surface area contributed by atoms with Crippen LogP contribution in [0.1, 0.15) is 31.9 Å². The highest BCUT2D eigenvalue weighted by Gasteiger charge is 2.28. The van der Waals surface area contributed by atoms with Crippen LogP contribution >= 0.6 is 0 Å². The summed E-state index contributed by atoms with van der Waals surface area (Å²) in [7, 11) is 1.41. The molecular formula is C38H41NO5. The summed E-state index contributed by atoms with van der Waals surface area (Å²) in [6.45, 7) is 7.12. The molecule has 0 unspecified atom stereocenters. The molecule has 6 heteroatoms. The highest BCUT2D eigenvalue weighted by molar-refractivity contribution is 5.76. The van der Waals surface area contributed by atoms with Gasteiger partial charge >= 0.3 is 5.97 Å². The average Bonchev–Trinajstić information content (AvgIpc) is 3.01. The van der Waals surface area contributed by atoms with Gasteiger partial charge in [0.25, 0.3) is 0 Å². The first kappa shape index (κ1) is 32.3. The minimum atomic E-state index is -0.589. The van der Waals surface area contributed by atoms with Gasteiger partial charge in [0.15, 0.2) is 0 Å². The van der Waals surface area contributed by atoms with E-state index in [-0.39, 0.29) is 12.6 Å². The second-order valence-electron chi connectivity index (χ2n) is 11.2. The molecule has 1 atom stereocenters. The number of hydrogen-bond acceptors (Lipinski definition) is 6. The lowest BCUT2D eigenvalue weighted by atomic mass is 10.1. The molecule has 0 radical (unpaired) electrons. The molecule has 0 spiro atoms. The van der Waals surface area contributed by atoms with Crippen LogP contribution in [0.25, 0.3) is 12.2 Å². The molecule has 0 bridgehead atoms. The third kappa shape index (κ3) is 10.9. The van der Waals surface area contributed by atoms with Crippen LogP contribution in [-0.4, -0.2) is 49.3 Å². The molecule has 0 aromatic heterocycles. The molecular weight excluding hydrogens is 550 g/mol. The van der Waals surface area contributed by atoms with Crippen molar-refractivity contribution in [3.05, 3.63) is 132 Å². The number of ether oxygens (including phenoxy) is 4. The molecule has 0 aliphatic carbocycles. The Balaban J connectivity index is 1.49. The quantitative estimate of drug-likeness (QED) is 0.137. The van der Waals surface area contributed by atoms with Gasteiger partial charge in [-0.25, -0.2) is 0 Å². The van der Waals surface area contributed by atoms with Crippen molar-refractivity contribution in [3.63, 3.8) is 0 Å². The van der Waals surface area contributed by atoms with Crippen LogP contribution in [0.15, 0.2) is 121 Å². The van der Waals surface area contributed by atoms with Crippen LogP contribution < -0.4 is 9.47 Å². The molecule has 0 aliphatic rings. The largest absolute Gasteiger partial charge is 0.468 e. The van der Waals surface area contributed by atoms with Crippen molar-refractivity contribution in [1.29, 1.82) is 0 Å². The van der Waals surface area contributed by atoms with E-state index < -0.39 is 11.6 Å². The maximum absolute atomic E-state index is 12.9. The summed E-state index contributed by atoms with van der Waals surface area (Å²) in [5, 5.41) is 0. The molecule has 0 aliphatic heterocycles. The molecule has 4 aromatic carbocycles. The Labute approximate surface area is 261 Å². The topological polar surface area (TPSA) is 57.2 Å². The van der Waals surface area contributed by atoms with Crippen LogP contribution in [0, 0.1) is 0 Å². The van der Waals surface area contributed by atoms with Gasteiger partial charge in [-0.3, -0.25) is 9.69 Å². The predicted octanol–water partition coefficient (Wildman–Crippen LogP) is 8.66. The third-order valence-corrected chi connectivity index (χ3v) is 6.56. The van der Waals surface area contributed by atoms with Crippen LogP contribution in [0.4, 0.5) is 0 Å². The second-order valence-corrected chi connectivity index (χ2v) is 11.2. The van der Waals surface area contributed by atoms with Crippen LogP contribution in [0.5, 0.6) is 23.0 Å². The summed E-state index contributed by atoms with van der Waals surface area (Å²) in [4.78, 5) is 15.0. The molecule has 0 saturated carbocycles. The molecule has 4 rings (SSSR count). The van der Waals surface area contributed by atoms with Crippen molar-refractivity contribution in [2.75, 3.05) is 26.8 Å². The summed E-state index contributed by atoms with van der Waals surface area (Å²) in [6.07, 6.45) is 8.13. The van der Waals surface area contributed by atoms with Gasteiger partial charge in [-0.1, -0.05) is 85.0 Å². The molecule has 4 aromatic rings. The summed E-state index contributed by atoms with van der Waals surface area (Å²) in [6, 6.07) is 34.6. The molecule has 0 saturated heterocycles. The van der Waals surface area contributed by atoms with Crippen LogP contribution in [0.3, 0.4) is 0 Å². The standard InChI is InChI=1S/C38H41NO5/c1-38(2,3)42-29-36(37(40)41-4)39(25-13-17-30-15-11-23-34(27-30)43-32-19-7-5-8-20-32)26-14-18-31-16-12-24-35(28-31)44-33-21-9-6-10-22-33/h5-24,27-28,36H,25-26,29H2,1-4H3/b17-13+,18-14+/t36-/m0/s1. The minimum absolute atomic E-state index is 0.207. The number of rotatable bonds is 14. The number of esters is 1. The molecule has 44 heavy (non-hydrogen) atoms. The van der Waals surface area contributed by atoms with Crippen molar-refractivity contribution < 1.29 is 23.7 Å². The van der Waals surface area contributed by atoms with E-state index in [0.717, 1.165) is 34.1 Å². The maximum Gasteiger partial charge on any atom is 0.325 e. The SMILES string of the molecule is COC(=O)[C@H](COC(C)(C)C)N(C/C=C/c1cccc(Oc2ccccc2)c1)C/C=C/c1cccc(Oc2ccccc2)c1. The number of hydrogen-bond donors (Lipinski definition) is 0. The molecule has 0 fully saturated rings. The zero-order valence-corrected chi connectivity index (χ0v) is 25.9. The fraction of sp³-hybridized carbons (Fsp3) is 0.237. The molecule has 228 valence electrons. The van der Waals surface area contributed by atoms with E-state index in [0.29, 0.717) is 13.1 Å². The van der Waals surface area contributed by atoms with Gasteiger partial charge in [0.1, 0.15) is 29.0 Å². The lowest BCUT2D eigenvalue weighted by Gasteiger charge is -2.30. The van der Waals surface area contributed by atoms with Crippen molar-refractivity contribution in [1.82, 2.24) is 4.90 Å². The summed E-state index contributed by atoms with van der Waals surface area (Å²) in [5.41, 5.74) is 1.58. The first-order valence-corrected chi connectivity index (χ1v) is 14.7. The van der Waals surface area contributed by atoms with E-state index in [1.165, 1.54) is 7.11 Å². The van der Waals surface area contributed by atoms with Crippen molar-refractivity contribution >= 4 is 18.1 Å². The normalized spacial score (nSPS) is 12.5. The number of carbonyl (C=O) groups is 1. The van der Waals surface area contributed by atoms with Gasteiger partial charge in [-0.15, -0.1) is 0 Å². The number of para-hydroxylation sites is 2. The first-order chi connectivity index (χ1) is 21.3. The predicted molar refractivity (Wildman–Crippen MR) is 177 cm³/mol. The Morgan fingerprint density at radius 3 is 1.57 bits per heavy atom. The van der Waals surface area contributed by atoms with E-state index in [1.807, 2.05) is 159 Å². The van der Waals surface area contributed by atoms with Gasteiger partial charge in [-0.05, 0) is 80.4 Å². The fourth-order valence-electron chi connectivity index (χ4n) is 4.38. The Morgan fingerprint density at radius 2 is 1.14 bits per heavy atom. The number of nitrogens with zero attached hydrogens (tertiary/aromatic N) is 1. The summed E-state index contributed by atoms with van der Waals surface area (Å²) in [5.74, 6) is 2.73. The van der Waals surface area contributed by atoms with Gasteiger partial charge < -0.3 is 18.9 Å². The van der Waals surface area contributed by atoms with E-state index in [1.54, 1.807) is 0 Å². The molecule has 0 N–H and O–H groups in total. The second kappa shape index (κ2) is 16.3. The van der Waals surface area contributed by atoms with Crippen molar-refractivity contribution in [2.24, 2.45) is 0 Å². The minimum Gasteiger partial charge on any atom is -0.468 e. The monoisotopic (exact) mass is 591 g/mol. The Morgan fingerprint density at radius 1 is 0.682 bits per heavy atom. The highest BCUT2D eigenvalue weighted by Crippen LogP contribution is 2.24. The first-order valence-electron chi connectivity index (χ1n) is 14.7.